The minimum Gasteiger partial charge on any atom is -0.481 e. The second kappa shape index (κ2) is 8.28. The average Bonchev–Trinajstić information content (AvgIpc) is 2.54. The van der Waals surface area contributed by atoms with Gasteiger partial charge < -0.3 is 15.2 Å². The molecule has 1 aromatic heterocycles. The van der Waals surface area contributed by atoms with Crippen molar-refractivity contribution < 1.29 is 19.4 Å². The largest absolute Gasteiger partial charge is 0.481 e. The van der Waals surface area contributed by atoms with E-state index in [0.29, 0.717) is 5.88 Å². The molecule has 0 aliphatic carbocycles. The number of aryl methyl sites for hydroxylation is 1. The van der Waals surface area contributed by atoms with Crippen molar-refractivity contribution in [2.75, 3.05) is 0 Å². The topological polar surface area (TPSA) is 88.5 Å². The normalized spacial score (nSPS) is 11.8. The third-order valence-electron chi connectivity index (χ3n) is 3.56. The summed E-state index contributed by atoms with van der Waals surface area (Å²) in [5, 5.41) is 11.9. The van der Waals surface area contributed by atoms with E-state index in [0.717, 1.165) is 11.1 Å². The van der Waals surface area contributed by atoms with E-state index in [1.807, 2.05) is 45.0 Å². The number of amides is 1. The molecule has 1 aromatic carbocycles. The van der Waals surface area contributed by atoms with Crippen LogP contribution in [0.2, 0.25) is 0 Å². The van der Waals surface area contributed by atoms with Crippen LogP contribution in [-0.2, 0) is 4.79 Å². The number of carbonyl (C=O) groups is 2. The Morgan fingerprint density at radius 2 is 1.88 bits per heavy atom. The fraction of sp³-hybridized carbons (Fsp3) is 0.316. The third kappa shape index (κ3) is 5.31. The van der Waals surface area contributed by atoms with Crippen LogP contribution in [0.3, 0.4) is 0 Å². The molecular formula is C19H22N2O4. The standard InChI is InChI=1S/C19H22N2O4/c1-12(2)25-17-10-6-9-15(20-17)19(24)21-16(11-18(22)23)14-8-5-4-7-13(14)3/h4-10,12,16H,11H2,1-3H3,(H,21,24)(H,22,23). The zero-order chi connectivity index (χ0) is 18.4. The van der Waals surface area contributed by atoms with Crippen LogP contribution in [-0.4, -0.2) is 28.1 Å². The molecule has 25 heavy (non-hydrogen) atoms. The van der Waals surface area contributed by atoms with Gasteiger partial charge in [0, 0.05) is 6.07 Å². The van der Waals surface area contributed by atoms with Crippen molar-refractivity contribution in [3.63, 3.8) is 0 Å². The molecule has 6 heteroatoms. The zero-order valence-corrected chi connectivity index (χ0v) is 14.5. The van der Waals surface area contributed by atoms with Crippen LogP contribution in [0.15, 0.2) is 42.5 Å². The molecule has 6 nitrogen and oxygen atoms in total. The lowest BCUT2D eigenvalue weighted by Crippen LogP contribution is -2.31. The SMILES string of the molecule is Cc1ccccc1C(CC(=O)O)NC(=O)c1cccc(OC(C)C)n1. The molecule has 0 fully saturated rings. The number of aliphatic carboxylic acids is 1. The number of pyridine rings is 1. The lowest BCUT2D eigenvalue weighted by Gasteiger charge is -2.19. The van der Waals surface area contributed by atoms with Gasteiger partial charge in [-0.15, -0.1) is 0 Å². The predicted octanol–water partition coefficient (Wildman–Crippen LogP) is 3.12. The van der Waals surface area contributed by atoms with Gasteiger partial charge in [-0.05, 0) is 38.0 Å². The van der Waals surface area contributed by atoms with Crippen molar-refractivity contribution in [1.82, 2.24) is 10.3 Å². The maximum absolute atomic E-state index is 12.5. The van der Waals surface area contributed by atoms with Crippen molar-refractivity contribution in [2.24, 2.45) is 0 Å². The molecule has 132 valence electrons. The van der Waals surface area contributed by atoms with E-state index in [2.05, 4.69) is 10.3 Å². The van der Waals surface area contributed by atoms with Crippen LogP contribution in [0, 0.1) is 6.92 Å². The van der Waals surface area contributed by atoms with Crippen LogP contribution in [0.1, 0.15) is 47.9 Å². The zero-order valence-electron chi connectivity index (χ0n) is 14.5. The Morgan fingerprint density at radius 1 is 1.16 bits per heavy atom. The molecule has 0 radical (unpaired) electrons. The highest BCUT2D eigenvalue weighted by Crippen LogP contribution is 2.21. The van der Waals surface area contributed by atoms with Gasteiger partial charge in [-0.3, -0.25) is 9.59 Å². The van der Waals surface area contributed by atoms with Crippen LogP contribution in [0.25, 0.3) is 0 Å². The van der Waals surface area contributed by atoms with Crippen molar-refractivity contribution in [3.05, 3.63) is 59.3 Å². The number of nitrogens with one attached hydrogen (secondary N) is 1. The molecule has 0 saturated carbocycles. The number of hydrogen-bond donors (Lipinski definition) is 2. The number of aromatic nitrogens is 1. The first-order valence-electron chi connectivity index (χ1n) is 8.08. The first-order chi connectivity index (χ1) is 11.9. The summed E-state index contributed by atoms with van der Waals surface area (Å²) in [4.78, 5) is 27.9. The van der Waals surface area contributed by atoms with Gasteiger partial charge in [0.25, 0.3) is 5.91 Å². The molecule has 2 rings (SSSR count). The lowest BCUT2D eigenvalue weighted by molar-refractivity contribution is -0.137. The molecule has 2 aromatic rings. The number of ether oxygens (including phenoxy) is 1. The molecule has 1 amide bonds. The summed E-state index contributed by atoms with van der Waals surface area (Å²) >= 11 is 0. The highest BCUT2D eigenvalue weighted by atomic mass is 16.5. The summed E-state index contributed by atoms with van der Waals surface area (Å²) in [7, 11) is 0. The molecule has 1 unspecified atom stereocenters. The van der Waals surface area contributed by atoms with Gasteiger partial charge in [0.1, 0.15) is 5.69 Å². The molecule has 0 saturated heterocycles. The smallest absolute Gasteiger partial charge is 0.305 e. The minimum absolute atomic E-state index is 0.0578. The molecule has 1 atom stereocenters. The maximum Gasteiger partial charge on any atom is 0.305 e. The Hall–Kier alpha value is -2.89. The number of rotatable bonds is 7. The molecule has 1 heterocycles. The van der Waals surface area contributed by atoms with Crippen LogP contribution in [0.5, 0.6) is 5.88 Å². The van der Waals surface area contributed by atoms with Crippen LogP contribution in [0.4, 0.5) is 0 Å². The molecular weight excluding hydrogens is 320 g/mol. The maximum atomic E-state index is 12.5. The summed E-state index contributed by atoms with van der Waals surface area (Å²) in [6.45, 7) is 5.62. The van der Waals surface area contributed by atoms with Gasteiger partial charge in [-0.25, -0.2) is 4.98 Å². The Morgan fingerprint density at radius 3 is 2.52 bits per heavy atom. The van der Waals surface area contributed by atoms with E-state index >= 15 is 0 Å². The highest BCUT2D eigenvalue weighted by molar-refractivity contribution is 5.93. The summed E-state index contributed by atoms with van der Waals surface area (Å²) in [6.07, 6.45) is -0.267. The molecule has 0 aliphatic heterocycles. The van der Waals surface area contributed by atoms with Crippen molar-refractivity contribution >= 4 is 11.9 Å². The number of nitrogens with zero attached hydrogens (tertiary/aromatic N) is 1. The quantitative estimate of drug-likeness (QED) is 0.807. The average molecular weight is 342 g/mol. The van der Waals surface area contributed by atoms with Crippen molar-refractivity contribution in [1.29, 1.82) is 0 Å². The number of carbonyl (C=O) groups excluding carboxylic acids is 1. The van der Waals surface area contributed by atoms with Gasteiger partial charge >= 0.3 is 5.97 Å². The van der Waals surface area contributed by atoms with E-state index in [-0.39, 0.29) is 18.2 Å². The molecule has 2 N–H and O–H groups in total. The molecule has 0 bridgehead atoms. The van der Waals surface area contributed by atoms with Gasteiger partial charge in [-0.2, -0.15) is 0 Å². The van der Waals surface area contributed by atoms with Gasteiger partial charge in [-0.1, -0.05) is 30.3 Å². The number of hydrogen-bond acceptors (Lipinski definition) is 4. The minimum atomic E-state index is -0.988. The van der Waals surface area contributed by atoms with E-state index in [9.17, 15) is 14.7 Å². The highest BCUT2D eigenvalue weighted by Gasteiger charge is 2.21. The number of carboxylic acids is 1. The fourth-order valence-corrected chi connectivity index (χ4v) is 2.47. The number of carboxylic acid groups (broad SMARTS) is 1. The summed E-state index contributed by atoms with van der Waals surface area (Å²) in [5.41, 5.74) is 1.87. The first kappa shape index (κ1) is 18.4. The monoisotopic (exact) mass is 342 g/mol. The predicted molar refractivity (Wildman–Crippen MR) is 93.6 cm³/mol. The molecule has 0 spiro atoms. The van der Waals surface area contributed by atoms with E-state index in [4.69, 9.17) is 4.74 Å². The second-order valence-corrected chi connectivity index (χ2v) is 6.01. The Balaban J connectivity index is 2.22. The third-order valence-corrected chi connectivity index (χ3v) is 3.56. The van der Waals surface area contributed by atoms with E-state index < -0.39 is 17.9 Å². The van der Waals surface area contributed by atoms with Crippen LogP contribution < -0.4 is 10.1 Å². The van der Waals surface area contributed by atoms with Crippen molar-refractivity contribution in [3.8, 4) is 5.88 Å². The van der Waals surface area contributed by atoms with Crippen LogP contribution >= 0.6 is 0 Å². The number of benzene rings is 1. The van der Waals surface area contributed by atoms with Gasteiger partial charge in [0.05, 0.1) is 18.6 Å². The fourth-order valence-electron chi connectivity index (χ4n) is 2.47. The first-order valence-corrected chi connectivity index (χ1v) is 8.08. The Bertz CT molecular complexity index is 759. The van der Waals surface area contributed by atoms with Crippen molar-refractivity contribution in [2.45, 2.75) is 39.3 Å². The lowest BCUT2D eigenvalue weighted by atomic mass is 9.98. The summed E-state index contributed by atoms with van der Waals surface area (Å²) in [5.74, 6) is -1.07. The summed E-state index contributed by atoms with van der Waals surface area (Å²) in [6, 6.07) is 11.7. The van der Waals surface area contributed by atoms with E-state index in [1.165, 1.54) is 0 Å². The Labute approximate surface area is 146 Å². The summed E-state index contributed by atoms with van der Waals surface area (Å²) < 4.78 is 5.49. The van der Waals surface area contributed by atoms with Gasteiger partial charge in [0.15, 0.2) is 0 Å². The molecule has 0 aliphatic rings. The second-order valence-electron chi connectivity index (χ2n) is 6.01. The van der Waals surface area contributed by atoms with E-state index in [1.54, 1.807) is 18.2 Å². The Kier molecular flexibility index (Phi) is 6.11. The van der Waals surface area contributed by atoms with Gasteiger partial charge in [0.2, 0.25) is 5.88 Å².